The molecule has 8 heteroatoms. The van der Waals surface area contributed by atoms with E-state index < -0.39 is 46.8 Å². The number of ether oxygens (including phenoxy) is 1. The van der Waals surface area contributed by atoms with Gasteiger partial charge in [-0.15, -0.1) is 0 Å². The van der Waals surface area contributed by atoms with E-state index in [0.29, 0.717) is 12.1 Å². The number of nitrogens with one attached hydrogen (secondary N) is 1. The van der Waals surface area contributed by atoms with Gasteiger partial charge in [0.1, 0.15) is 34.9 Å². The van der Waals surface area contributed by atoms with Gasteiger partial charge in [-0.3, -0.25) is 4.79 Å². The monoisotopic (exact) mass is 355 g/mol. The van der Waals surface area contributed by atoms with E-state index in [1.165, 1.54) is 18.2 Å². The summed E-state index contributed by atoms with van der Waals surface area (Å²) < 4.78 is 58.5. The van der Waals surface area contributed by atoms with Crippen LogP contribution < -0.4 is 5.32 Å². The second-order valence-corrected chi connectivity index (χ2v) is 5.09. The van der Waals surface area contributed by atoms with E-state index in [4.69, 9.17) is 0 Å². The average molecular weight is 355 g/mol. The molecule has 0 aliphatic carbocycles. The number of methoxy groups -OCH3 is 1. The van der Waals surface area contributed by atoms with Gasteiger partial charge in [0.25, 0.3) is 5.91 Å². The van der Waals surface area contributed by atoms with Crippen LogP contribution in [0.25, 0.3) is 0 Å². The quantitative estimate of drug-likeness (QED) is 0.663. The molecule has 2 aromatic carbocycles. The molecule has 1 amide bonds. The second kappa shape index (κ2) is 7.78. The predicted molar refractivity (Wildman–Crippen MR) is 79.7 cm³/mol. The summed E-state index contributed by atoms with van der Waals surface area (Å²) in [7, 11) is 1.04. The maximum absolute atomic E-state index is 13.7. The fourth-order valence-corrected chi connectivity index (χ4v) is 2.21. The predicted octanol–water partition coefficient (Wildman–Crippen LogP) is 2.76. The van der Waals surface area contributed by atoms with Gasteiger partial charge in [0, 0.05) is 18.6 Å². The Morgan fingerprint density at radius 1 is 1.04 bits per heavy atom. The number of benzene rings is 2. The van der Waals surface area contributed by atoms with Gasteiger partial charge in [0.15, 0.2) is 0 Å². The molecule has 0 aliphatic heterocycles. The number of hydrogen-bond acceptors (Lipinski definition) is 3. The van der Waals surface area contributed by atoms with Gasteiger partial charge in [-0.1, -0.05) is 18.2 Å². The lowest BCUT2D eigenvalue weighted by molar-refractivity contribution is -0.142. The Hall–Kier alpha value is -2.90. The van der Waals surface area contributed by atoms with Crippen molar-refractivity contribution in [3.63, 3.8) is 0 Å². The highest BCUT2D eigenvalue weighted by molar-refractivity contribution is 5.97. The molecule has 2 rings (SSSR count). The Labute approximate surface area is 140 Å². The van der Waals surface area contributed by atoms with Crippen LogP contribution >= 0.6 is 0 Å². The molecule has 2 aromatic rings. The van der Waals surface area contributed by atoms with Gasteiger partial charge in [0.2, 0.25) is 0 Å². The SMILES string of the molecule is COC(=O)[C@H](Cc1ccccc1F)NC(=O)c1c(F)cc(F)cc1F. The maximum Gasteiger partial charge on any atom is 0.328 e. The number of esters is 1. The molecule has 0 bridgehead atoms. The number of rotatable bonds is 5. The van der Waals surface area contributed by atoms with Crippen LogP contribution in [0, 0.1) is 23.3 Å². The van der Waals surface area contributed by atoms with E-state index in [1.54, 1.807) is 0 Å². The lowest BCUT2D eigenvalue weighted by Gasteiger charge is -2.17. The first-order valence-electron chi connectivity index (χ1n) is 7.10. The molecule has 1 atom stereocenters. The Balaban J connectivity index is 2.27. The highest BCUT2D eigenvalue weighted by atomic mass is 19.1. The first-order chi connectivity index (χ1) is 11.8. The zero-order valence-electron chi connectivity index (χ0n) is 13.0. The third-order valence-corrected chi connectivity index (χ3v) is 3.41. The number of halogens is 4. The third kappa shape index (κ3) is 4.34. The number of hydrogen-bond donors (Lipinski definition) is 1. The van der Waals surface area contributed by atoms with Crippen molar-refractivity contribution in [2.24, 2.45) is 0 Å². The van der Waals surface area contributed by atoms with E-state index in [0.717, 1.165) is 13.2 Å². The first kappa shape index (κ1) is 18.4. The number of carbonyl (C=O) groups excluding carboxylic acids is 2. The van der Waals surface area contributed by atoms with Crippen molar-refractivity contribution in [1.82, 2.24) is 5.32 Å². The van der Waals surface area contributed by atoms with E-state index in [-0.39, 0.29) is 12.0 Å². The summed E-state index contributed by atoms with van der Waals surface area (Å²) in [6, 6.07) is 4.78. The van der Waals surface area contributed by atoms with Crippen molar-refractivity contribution in [3.05, 3.63) is 70.8 Å². The highest BCUT2D eigenvalue weighted by Crippen LogP contribution is 2.16. The van der Waals surface area contributed by atoms with Crippen molar-refractivity contribution in [3.8, 4) is 0 Å². The fraction of sp³-hybridized carbons (Fsp3) is 0.176. The molecule has 0 unspecified atom stereocenters. The zero-order valence-corrected chi connectivity index (χ0v) is 13.0. The largest absolute Gasteiger partial charge is 0.467 e. The minimum Gasteiger partial charge on any atom is -0.467 e. The molecule has 0 saturated carbocycles. The van der Waals surface area contributed by atoms with E-state index in [9.17, 15) is 27.2 Å². The average Bonchev–Trinajstić information content (AvgIpc) is 2.54. The minimum absolute atomic E-state index is 0.0956. The Bertz CT molecular complexity index is 787. The van der Waals surface area contributed by atoms with Crippen molar-refractivity contribution >= 4 is 11.9 Å². The molecule has 4 nitrogen and oxygen atoms in total. The summed E-state index contributed by atoms with van der Waals surface area (Å²) in [5.74, 6) is -6.89. The molecule has 132 valence electrons. The fourth-order valence-electron chi connectivity index (χ4n) is 2.21. The molecule has 0 radical (unpaired) electrons. The van der Waals surface area contributed by atoms with E-state index >= 15 is 0 Å². The smallest absolute Gasteiger partial charge is 0.328 e. The molecular weight excluding hydrogens is 342 g/mol. The van der Waals surface area contributed by atoms with Crippen LogP contribution in [-0.2, 0) is 16.0 Å². The van der Waals surface area contributed by atoms with Gasteiger partial charge < -0.3 is 10.1 Å². The lowest BCUT2D eigenvalue weighted by atomic mass is 10.0. The van der Waals surface area contributed by atoms with Crippen molar-refractivity contribution < 1.29 is 31.9 Å². The van der Waals surface area contributed by atoms with Crippen molar-refractivity contribution in [2.75, 3.05) is 7.11 Å². The molecule has 0 spiro atoms. The van der Waals surface area contributed by atoms with Gasteiger partial charge in [-0.05, 0) is 11.6 Å². The summed E-state index contributed by atoms with van der Waals surface area (Å²) in [5, 5.41) is 2.08. The van der Waals surface area contributed by atoms with Crippen LogP contribution in [0.2, 0.25) is 0 Å². The van der Waals surface area contributed by atoms with Gasteiger partial charge in [-0.25, -0.2) is 22.4 Å². The Morgan fingerprint density at radius 3 is 2.20 bits per heavy atom. The van der Waals surface area contributed by atoms with Crippen LogP contribution in [0.5, 0.6) is 0 Å². The molecule has 0 fully saturated rings. The third-order valence-electron chi connectivity index (χ3n) is 3.41. The standard InChI is InChI=1S/C17H13F4NO3/c1-25-17(24)14(6-9-4-2-3-5-11(9)19)22-16(23)15-12(20)7-10(18)8-13(15)21/h2-5,7-8,14H,6H2,1H3,(H,22,23)/t14-/m0/s1. The van der Waals surface area contributed by atoms with Crippen LogP contribution in [-0.4, -0.2) is 25.0 Å². The van der Waals surface area contributed by atoms with E-state index in [2.05, 4.69) is 10.1 Å². The minimum atomic E-state index is -1.43. The van der Waals surface area contributed by atoms with Gasteiger partial charge >= 0.3 is 5.97 Å². The number of amides is 1. The van der Waals surface area contributed by atoms with Crippen LogP contribution in [0.1, 0.15) is 15.9 Å². The topological polar surface area (TPSA) is 55.4 Å². The Kier molecular flexibility index (Phi) is 5.74. The van der Waals surface area contributed by atoms with Gasteiger partial charge in [-0.2, -0.15) is 0 Å². The Morgan fingerprint density at radius 2 is 1.64 bits per heavy atom. The maximum atomic E-state index is 13.7. The normalized spacial score (nSPS) is 11.7. The summed E-state index contributed by atoms with van der Waals surface area (Å²) in [5.41, 5.74) is -0.956. The summed E-state index contributed by atoms with van der Waals surface area (Å²) >= 11 is 0. The molecule has 1 N–H and O–H groups in total. The van der Waals surface area contributed by atoms with Crippen LogP contribution in [0.3, 0.4) is 0 Å². The van der Waals surface area contributed by atoms with Crippen LogP contribution in [0.4, 0.5) is 17.6 Å². The van der Waals surface area contributed by atoms with Gasteiger partial charge in [0.05, 0.1) is 7.11 Å². The lowest BCUT2D eigenvalue weighted by Crippen LogP contribution is -2.43. The summed E-state index contributed by atoms with van der Waals surface area (Å²) in [4.78, 5) is 23.9. The van der Waals surface area contributed by atoms with Crippen LogP contribution in [0.15, 0.2) is 36.4 Å². The molecule has 25 heavy (non-hydrogen) atoms. The molecule has 0 saturated heterocycles. The first-order valence-corrected chi connectivity index (χ1v) is 7.10. The summed E-state index contributed by atoms with van der Waals surface area (Å²) in [6.45, 7) is 0. The highest BCUT2D eigenvalue weighted by Gasteiger charge is 2.27. The molecular formula is C17H13F4NO3. The summed E-state index contributed by atoms with van der Waals surface area (Å²) in [6.07, 6.45) is -0.296. The number of carbonyl (C=O) groups is 2. The molecule has 0 aliphatic rings. The molecule has 0 aromatic heterocycles. The zero-order chi connectivity index (χ0) is 18.6. The van der Waals surface area contributed by atoms with Crippen molar-refractivity contribution in [1.29, 1.82) is 0 Å². The van der Waals surface area contributed by atoms with Crippen molar-refractivity contribution in [2.45, 2.75) is 12.5 Å². The molecule has 0 heterocycles. The second-order valence-electron chi connectivity index (χ2n) is 5.09. The van der Waals surface area contributed by atoms with E-state index in [1.807, 2.05) is 0 Å².